The van der Waals surface area contributed by atoms with Crippen LogP contribution >= 0.6 is 0 Å². The van der Waals surface area contributed by atoms with E-state index in [2.05, 4.69) is 20.0 Å². The van der Waals surface area contributed by atoms with Gasteiger partial charge in [-0.15, -0.1) is 0 Å². The van der Waals surface area contributed by atoms with E-state index < -0.39 is 5.60 Å². The fourth-order valence-corrected chi connectivity index (χ4v) is 4.46. The molecule has 0 saturated carbocycles. The molecule has 0 aromatic carbocycles. The zero-order valence-electron chi connectivity index (χ0n) is 15.3. The number of fused-ring (bicyclic) bond motifs is 2. The predicted molar refractivity (Wildman–Crippen MR) is 96.5 cm³/mol. The lowest BCUT2D eigenvalue weighted by Gasteiger charge is -2.43. The van der Waals surface area contributed by atoms with Gasteiger partial charge < -0.3 is 5.11 Å². The normalized spacial score (nSPS) is 28.4. The van der Waals surface area contributed by atoms with E-state index >= 15 is 0 Å². The Hall–Kier alpha value is -2.12. The highest BCUT2D eigenvalue weighted by molar-refractivity contribution is 5.09. The van der Waals surface area contributed by atoms with Gasteiger partial charge in [-0.25, -0.2) is 14.6 Å². The third kappa shape index (κ3) is 3.41. The molecule has 0 aliphatic carbocycles. The Kier molecular flexibility index (Phi) is 4.36. The number of hydrogen-bond donors (Lipinski definition) is 1. The molecule has 2 aromatic heterocycles. The highest BCUT2D eigenvalue weighted by Gasteiger charge is 2.47. The van der Waals surface area contributed by atoms with Crippen LogP contribution in [0, 0.1) is 13.8 Å². The largest absolute Gasteiger partial charge is 0.388 e. The van der Waals surface area contributed by atoms with Crippen molar-refractivity contribution in [1.82, 2.24) is 24.6 Å². The molecule has 7 heteroatoms. The molecule has 2 aliphatic rings. The van der Waals surface area contributed by atoms with Gasteiger partial charge in [-0.1, -0.05) is 0 Å². The van der Waals surface area contributed by atoms with Gasteiger partial charge in [-0.2, -0.15) is 5.10 Å². The predicted octanol–water partition coefficient (Wildman–Crippen LogP) is 1.21. The molecule has 0 unspecified atom stereocenters. The van der Waals surface area contributed by atoms with E-state index in [9.17, 15) is 9.90 Å². The Morgan fingerprint density at radius 1 is 1.15 bits per heavy atom. The molecule has 0 spiro atoms. The minimum Gasteiger partial charge on any atom is -0.388 e. The molecule has 2 bridgehead atoms. The average Bonchev–Trinajstić information content (AvgIpc) is 2.84. The fourth-order valence-electron chi connectivity index (χ4n) is 4.46. The number of aromatic nitrogens is 4. The van der Waals surface area contributed by atoms with Crippen LogP contribution in [-0.4, -0.2) is 47.4 Å². The summed E-state index contributed by atoms with van der Waals surface area (Å²) in [6.45, 7) is 4.82. The molecular formula is C19H25N5O2. The number of aryl methyl sites for hydroxylation is 2. The molecule has 4 heterocycles. The van der Waals surface area contributed by atoms with E-state index in [0.29, 0.717) is 24.9 Å². The summed E-state index contributed by atoms with van der Waals surface area (Å²) in [5.41, 5.74) is 0.856. The van der Waals surface area contributed by atoms with E-state index in [1.165, 1.54) is 10.7 Å². The molecule has 0 amide bonds. The van der Waals surface area contributed by atoms with Crippen LogP contribution in [0.5, 0.6) is 0 Å². The molecule has 2 atom stereocenters. The number of rotatable bonds is 4. The summed E-state index contributed by atoms with van der Waals surface area (Å²) < 4.78 is 1.41. The maximum atomic E-state index is 12.1. The number of nitrogens with zero attached hydrogens (tertiary/aromatic N) is 5. The SMILES string of the molecule is Cc1ccc(=O)n(CC2(O)C[C@H]3CC[C@H](C2)N3Cc2cnc(C)nc2)n1. The van der Waals surface area contributed by atoms with Crippen LogP contribution in [0.2, 0.25) is 0 Å². The Morgan fingerprint density at radius 3 is 2.46 bits per heavy atom. The van der Waals surface area contributed by atoms with Crippen LogP contribution in [-0.2, 0) is 13.1 Å². The smallest absolute Gasteiger partial charge is 0.266 e. The van der Waals surface area contributed by atoms with Crippen molar-refractivity contribution in [3.8, 4) is 0 Å². The van der Waals surface area contributed by atoms with Crippen molar-refractivity contribution in [2.45, 2.75) is 70.3 Å². The topological polar surface area (TPSA) is 84.1 Å². The van der Waals surface area contributed by atoms with Gasteiger partial charge in [0.2, 0.25) is 0 Å². The third-order valence-corrected chi connectivity index (χ3v) is 5.65. The van der Waals surface area contributed by atoms with Crippen molar-refractivity contribution in [2.24, 2.45) is 0 Å². The monoisotopic (exact) mass is 355 g/mol. The van der Waals surface area contributed by atoms with E-state index in [0.717, 1.165) is 36.5 Å². The molecule has 2 aromatic rings. The first-order valence-electron chi connectivity index (χ1n) is 9.22. The molecule has 4 rings (SSSR count). The summed E-state index contributed by atoms with van der Waals surface area (Å²) in [7, 11) is 0. The fraction of sp³-hybridized carbons (Fsp3) is 0.579. The van der Waals surface area contributed by atoms with Crippen molar-refractivity contribution in [2.75, 3.05) is 0 Å². The quantitative estimate of drug-likeness (QED) is 0.887. The molecule has 2 fully saturated rings. The van der Waals surface area contributed by atoms with Gasteiger partial charge >= 0.3 is 0 Å². The molecule has 7 nitrogen and oxygen atoms in total. The highest BCUT2D eigenvalue weighted by atomic mass is 16.3. The summed E-state index contributed by atoms with van der Waals surface area (Å²) >= 11 is 0. The van der Waals surface area contributed by atoms with Crippen molar-refractivity contribution in [1.29, 1.82) is 0 Å². The van der Waals surface area contributed by atoms with E-state index in [1.807, 2.05) is 26.2 Å². The first-order chi connectivity index (χ1) is 12.4. The summed E-state index contributed by atoms with van der Waals surface area (Å²) in [6.07, 6.45) is 7.26. The molecule has 2 aliphatic heterocycles. The molecule has 138 valence electrons. The van der Waals surface area contributed by atoms with Gasteiger partial charge in [0.25, 0.3) is 5.56 Å². The van der Waals surface area contributed by atoms with E-state index in [1.54, 1.807) is 6.07 Å². The van der Waals surface area contributed by atoms with Gasteiger partial charge in [0.15, 0.2) is 0 Å². The van der Waals surface area contributed by atoms with Gasteiger partial charge in [0.1, 0.15) is 5.82 Å². The van der Waals surface area contributed by atoms with Crippen molar-refractivity contribution < 1.29 is 5.11 Å². The van der Waals surface area contributed by atoms with Crippen molar-refractivity contribution in [3.05, 3.63) is 52.0 Å². The summed E-state index contributed by atoms with van der Waals surface area (Å²) in [5.74, 6) is 0.779. The Morgan fingerprint density at radius 2 is 1.81 bits per heavy atom. The van der Waals surface area contributed by atoms with Crippen LogP contribution in [0.3, 0.4) is 0 Å². The molecule has 2 saturated heterocycles. The van der Waals surface area contributed by atoms with E-state index in [4.69, 9.17) is 0 Å². The second-order valence-corrected chi connectivity index (χ2v) is 7.80. The Labute approximate surface area is 152 Å². The average molecular weight is 355 g/mol. The minimum atomic E-state index is -0.878. The lowest BCUT2D eigenvalue weighted by Crippen LogP contribution is -2.53. The van der Waals surface area contributed by atoms with Crippen LogP contribution in [0.1, 0.15) is 42.8 Å². The summed E-state index contributed by atoms with van der Waals surface area (Å²) in [4.78, 5) is 23.1. The van der Waals surface area contributed by atoms with Crippen LogP contribution in [0.15, 0.2) is 29.3 Å². The molecule has 26 heavy (non-hydrogen) atoms. The van der Waals surface area contributed by atoms with Gasteiger partial charge in [0, 0.05) is 42.7 Å². The van der Waals surface area contributed by atoms with Crippen molar-refractivity contribution >= 4 is 0 Å². The minimum absolute atomic E-state index is 0.157. The highest BCUT2D eigenvalue weighted by Crippen LogP contribution is 2.42. The Bertz CT molecular complexity index is 834. The second-order valence-electron chi connectivity index (χ2n) is 7.80. The number of hydrogen-bond acceptors (Lipinski definition) is 6. The summed E-state index contributed by atoms with van der Waals surface area (Å²) in [6, 6.07) is 3.87. The van der Waals surface area contributed by atoms with Crippen LogP contribution in [0.25, 0.3) is 0 Å². The van der Waals surface area contributed by atoms with Gasteiger partial charge in [-0.3, -0.25) is 9.69 Å². The van der Waals surface area contributed by atoms with E-state index in [-0.39, 0.29) is 12.1 Å². The van der Waals surface area contributed by atoms with Gasteiger partial charge in [-0.05, 0) is 45.6 Å². The standard InChI is InChI=1S/C19H25N5O2/c1-13-3-6-18(25)24(22-13)12-19(26)7-16-4-5-17(8-19)23(16)11-15-9-20-14(2)21-10-15/h3,6,9-10,16-17,26H,4-5,7-8,11-12H2,1-2H3/t16-,17-/m1/s1. The molecular weight excluding hydrogens is 330 g/mol. The third-order valence-electron chi connectivity index (χ3n) is 5.65. The lowest BCUT2D eigenvalue weighted by molar-refractivity contribution is -0.0678. The maximum absolute atomic E-state index is 12.1. The number of piperidine rings is 1. The maximum Gasteiger partial charge on any atom is 0.266 e. The van der Waals surface area contributed by atoms with Crippen LogP contribution in [0.4, 0.5) is 0 Å². The summed E-state index contributed by atoms with van der Waals surface area (Å²) in [5, 5.41) is 15.5. The first-order valence-corrected chi connectivity index (χ1v) is 9.22. The lowest BCUT2D eigenvalue weighted by atomic mass is 9.85. The number of aliphatic hydroxyl groups is 1. The Balaban J connectivity index is 1.49. The second kappa shape index (κ2) is 6.55. The molecule has 0 radical (unpaired) electrons. The first kappa shape index (κ1) is 17.3. The molecule has 1 N–H and O–H groups in total. The zero-order valence-corrected chi connectivity index (χ0v) is 15.3. The van der Waals surface area contributed by atoms with Gasteiger partial charge in [0.05, 0.1) is 17.8 Å². The van der Waals surface area contributed by atoms with Crippen molar-refractivity contribution in [3.63, 3.8) is 0 Å². The van der Waals surface area contributed by atoms with Crippen LogP contribution < -0.4 is 5.56 Å². The zero-order chi connectivity index (χ0) is 18.3.